The molecule has 3 heterocycles. The normalized spacial score (nSPS) is 11.4. The van der Waals surface area contributed by atoms with Crippen LogP contribution in [-0.2, 0) is 0 Å². The summed E-state index contributed by atoms with van der Waals surface area (Å²) in [5.74, 6) is 0. The summed E-state index contributed by atoms with van der Waals surface area (Å²) in [6.07, 6.45) is 3.14. The summed E-state index contributed by atoms with van der Waals surface area (Å²) >= 11 is 7.57. The fraction of sp³-hybridized carbons (Fsp3) is 0. The van der Waals surface area contributed by atoms with Gasteiger partial charge in [0.15, 0.2) is 0 Å². The van der Waals surface area contributed by atoms with Gasteiger partial charge in [-0.2, -0.15) is 5.10 Å². The van der Waals surface area contributed by atoms with E-state index in [1.54, 1.807) is 6.20 Å². The monoisotopic (exact) mass is 393 g/mol. The molecule has 0 bridgehead atoms. The minimum atomic E-state index is -0.275. The number of nitrogens with one attached hydrogen (secondary N) is 2. The van der Waals surface area contributed by atoms with Crippen molar-refractivity contribution in [3.05, 3.63) is 63.6 Å². The Morgan fingerprint density at radius 3 is 2.81 bits per heavy atom. The molecule has 5 rings (SSSR count). The minimum absolute atomic E-state index is 0.275. The van der Waals surface area contributed by atoms with E-state index in [2.05, 4.69) is 20.2 Å². The number of thiophene rings is 1. The third kappa shape index (κ3) is 2.43. The lowest BCUT2D eigenvalue weighted by Gasteiger charge is -2.13. The first-order chi connectivity index (χ1) is 13.1. The summed E-state index contributed by atoms with van der Waals surface area (Å²) in [7, 11) is 0. The zero-order valence-corrected chi connectivity index (χ0v) is 15.4. The maximum Gasteiger partial charge on any atom is 0.260 e. The summed E-state index contributed by atoms with van der Waals surface area (Å²) in [6, 6.07) is 11.5. The molecule has 2 aromatic carbocycles. The Morgan fingerprint density at radius 2 is 2.00 bits per heavy atom. The van der Waals surface area contributed by atoms with E-state index in [-0.39, 0.29) is 5.56 Å². The summed E-state index contributed by atoms with van der Waals surface area (Å²) < 4.78 is 0.665. The maximum absolute atomic E-state index is 12.6. The molecule has 0 aliphatic carbocycles. The quantitative estimate of drug-likeness (QED) is 0.386. The van der Waals surface area contributed by atoms with Crippen LogP contribution in [0.4, 0.5) is 5.69 Å². The zero-order valence-electron chi connectivity index (χ0n) is 13.8. The molecule has 132 valence electrons. The fourth-order valence-electron chi connectivity index (χ4n) is 3.35. The lowest BCUT2D eigenvalue weighted by molar-refractivity contribution is 1.12. The molecule has 0 saturated carbocycles. The SMILES string of the molecule is Nc1c(-c2cccc3[nH]ncc23)cc(-c2ccc(Cl)s2)c2nc[nH]c(=O)c12. The number of nitrogens with two attached hydrogens (primary N) is 1. The maximum atomic E-state index is 12.6. The first-order valence-electron chi connectivity index (χ1n) is 8.11. The van der Waals surface area contributed by atoms with Gasteiger partial charge in [-0.15, -0.1) is 11.3 Å². The number of anilines is 1. The number of nitrogen functional groups attached to an aromatic ring is 1. The van der Waals surface area contributed by atoms with Gasteiger partial charge in [-0.05, 0) is 29.8 Å². The average Bonchev–Trinajstić information content (AvgIpc) is 3.31. The van der Waals surface area contributed by atoms with Crippen molar-refractivity contribution in [2.45, 2.75) is 0 Å². The van der Waals surface area contributed by atoms with Crippen molar-refractivity contribution in [3.8, 4) is 21.6 Å². The number of hydrogen-bond donors (Lipinski definition) is 3. The predicted molar refractivity (Wildman–Crippen MR) is 110 cm³/mol. The molecule has 0 spiro atoms. The Balaban J connectivity index is 1.94. The third-order valence-electron chi connectivity index (χ3n) is 4.57. The topological polar surface area (TPSA) is 100 Å². The Labute approximate surface area is 161 Å². The van der Waals surface area contributed by atoms with E-state index in [0.29, 0.717) is 20.9 Å². The predicted octanol–water partition coefficient (Wildman–Crippen LogP) is 4.43. The molecule has 0 aliphatic heterocycles. The average molecular weight is 394 g/mol. The second kappa shape index (κ2) is 5.94. The standard InChI is InChI=1S/C19H12ClN5OS/c20-15-5-4-14(27-15)11-6-10(9-2-1-3-13-12(9)7-24-25-13)17(21)16-18(11)22-8-23-19(16)26/h1-8H,21H2,(H,24,25)(H,22,23,26). The highest BCUT2D eigenvalue weighted by Gasteiger charge is 2.18. The molecule has 0 unspecified atom stereocenters. The van der Waals surface area contributed by atoms with Crippen molar-refractivity contribution in [2.75, 3.05) is 5.73 Å². The molecule has 0 radical (unpaired) electrons. The molecule has 6 nitrogen and oxygen atoms in total. The number of hydrogen-bond acceptors (Lipinski definition) is 5. The van der Waals surface area contributed by atoms with E-state index in [4.69, 9.17) is 17.3 Å². The molecular formula is C19H12ClN5OS. The molecule has 3 aromatic heterocycles. The summed E-state index contributed by atoms with van der Waals surface area (Å²) in [5, 5.41) is 8.38. The molecule has 0 fully saturated rings. The number of rotatable bonds is 2. The molecule has 0 aliphatic rings. The van der Waals surface area contributed by atoms with Gasteiger partial charge in [0.05, 0.1) is 39.0 Å². The molecule has 0 atom stereocenters. The van der Waals surface area contributed by atoms with Crippen LogP contribution in [0.25, 0.3) is 43.4 Å². The summed E-state index contributed by atoms with van der Waals surface area (Å²) in [4.78, 5) is 20.5. The highest BCUT2D eigenvalue weighted by molar-refractivity contribution is 7.19. The molecule has 5 aromatic rings. The molecule has 4 N–H and O–H groups in total. The summed E-state index contributed by atoms with van der Waals surface area (Å²) in [6.45, 7) is 0. The van der Waals surface area contributed by atoms with Crippen molar-refractivity contribution in [1.29, 1.82) is 0 Å². The Morgan fingerprint density at radius 1 is 1.11 bits per heavy atom. The number of aromatic amines is 2. The Hall–Kier alpha value is -3.16. The summed E-state index contributed by atoms with van der Waals surface area (Å²) in [5.41, 5.74) is 10.5. The van der Waals surface area contributed by atoms with Gasteiger partial charge in [0.25, 0.3) is 5.56 Å². The molecule has 0 saturated heterocycles. The first-order valence-corrected chi connectivity index (χ1v) is 9.31. The number of aromatic nitrogens is 4. The number of H-pyrrole nitrogens is 2. The number of halogens is 1. The second-order valence-corrected chi connectivity index (χ2v) is 7.80. The van der Waals surface area contributed by atoms with Crippen molar-refractivity contribution < 1.29 is 0 Å². The van der Waals surface area contributed by atoms with E-state index in [1.807, 2.05) is 36.4 Å². The van der Waals surface area contributed by atoms with Gasteiger partial charge in [-0.3, -0.25) is 9.89 Å². The second-order valence-electron chi connectivity index (χ2n) is 6.08. The van der Waals surface area contributed by atoms with Gasteiger partial charge < -0.3 is 10.7 Å². The van der Waals surface area contributed by atoms with E-state index in [9.17, 15) is 4.79 Å². The smallest absolute Gasteiger partial charge is 0.260 e. The van der Waals surface area contributed by atoms with E-state index in [1.165, 1.54) is 17.7 Å². The van der Waals surface area contributed by atoms with E-state index < -0.39 is 0 Å². The van der Waals surface area contributed by atoms with Crippen molar-refractivity contribution in [1.82, 2.24) is 20.2 Å². The lowest BCUT2D eigenvalue weighted by Crippen LogP contribution is -2.10. The van der Waals surface area contributed by atoms with Crippen LogP contribution in [0.3, 0.4) is 0 Å². The van der Waals surface area contributed by atoms with Crippen LogP contribution in [0.5, 0.6) is 0 Å². The van der Waals surface area contributed by atoms with Crippen molar-refractivity contribution in [3.63, 3.8) is 0 Å². The van der Waals surface area contributed by atoms with Crippen molar-refractivity contribution in [2.24, 2.45) is 0 Å². The number of fused-ring (bicyclic) bond motifs is 2. The number of benzene rings is 2. The van der Waals surface area contributed by atoms with Crippen LogP contribution in [0.1, 0.15) is 0 Å². The zero-order chi connectivity index (χ0) is 18.5. The fourth-order valence-corrected chi connectivity index (χ4v) is 4.41. The van der Waals surface area contributed by atoms with Gasteiger partial charge >= 0.3 is 0 Å². The highest BCUT2D eigenvalue weighted by atomic mass is 35.5. The van der Waals surface area contributed by atoms with Gasteiger partial charge in [0, 0.05) is 21.4 Å². The lowest BCUT2D eigenvalue weighted by atomic mass is 9.95. The van der Waals surface area contributed by atoms with Crippen LogP contribution in [0, 0.1) is 0 Å². The van der Waals surface area contributed by atoms with E-state index >= 15 is 0 Å². The van der Waals surface area contributed by atoms with Crippen LogP contribution >= 0.6 is 22.9 Å². The molecule has 8 heteroatoms. The largest absolute Gasteiger partial charge is 0.398 e. The van der Waals surface area contributed by atoms with E-state index in [0.717, 1.165) is 32.5 Å². The van der Waals surface area contributed by atoms with Crippen LogP contribution < -0.4 is 11.3 Å². The van der Waals surface area contributed by atoms with Gasteiger partial charge in [0.1, 0.15) is 0 Å². The number of nitrogens with zero attached hydrogens (tertiary/aromatic N) is 2. The van der Waals surface area contributed by atoms with Gasteiger partial charge in [-0.25, -0.2) is 4.98 Å². The molecule has 27 heavy (non-hydrogen) atoms. The van der Waals surface area contributed by atoms with Gasteiger partial charge in [-0.1, -0.05) is 23.7 Å². The van der Waals surface area contributed by atoms with Crippen LogP contribution in [0.15, 0.2) is 53.7 Å². The van der Waals surface area contributed by atoms with Gasteiger partial charge in [0.2, 0.25) is 0 Å². The molecular weight excluding hydrogens is 382 g/mol. The first kappa shape index (κ1) is 16.0. The van der Waals surface area contributed by atoms with Crippen molar-refractivity contribution >= 4 is 50.4 Å². The van der Waals surface area contributed by atoms with Crippen LogP contribution in [-0.4, -0.2) is 20.2 Å². The minimum Gasteiger partial charge on any atom is -0.398 e. The molecule has 0 amide bonds. The Kier molecular flexibility index (Phi) is 3.53. The third-order valence-corrected chi connectivity index (χ3v) is 5.83. The highest BCUT2D eigenvalue weighted by Crippen LogP contribution is 2.41. The Bertz CT molecular complexity index is 1380. The van der Waals surface area contributed by atoms with Crippen LogP contribution in [0.2, 0.25) is 4.34 Å².